The highest BCUT2D eigenvalue weighted by atomic mass is 32.2. The molecule has 256 valence electrons. The quantitative estimate of drug-likeness (QED) is 0.219. The number of aromatic nitrogens is 2. The summed E-state index contributed by atoms with van der Waals surface area (Å²) < 4.78 is 46.3. The number of methoxy groups -OCH3 is 1. The molecule has 3 aliphatic rings. The minimum absolute atomic E-state index is 0.0750. The van der Waals surface area contributed by atoms with Crippen LogP contribution in [-0.2, 0) is 33.0 Å². The molecule has 0 unspecified atom stereocenters. The van der Waals surface area contributed by atoms with Crippen LogP contribution in [0.4, 0.5) is 14.9 Å². The van der Waals surface area contributed by atoms with Crippen molar-refractivity contribution in [3.63, 3.8) is 0 Å². The second-order valence-corrected chi connectivity index (χ2v) is 15.3. The first-order valence-corrected chi connectivity index (χ1v) is 18.6. The van der Waals surface area contributed by atoms with Crippen LogP contribution in [0.2, 0.25) is 0 Å². The highest BCUT2D eigenvalue weighted by molar-refractivity contribution is 7.96. The Morgan fingerprint density at radius 3 is 2.54 bits per heavy atom. The predicted octanol–water partition coefficient (Wildman–Crippen LogP) is 5.26. The van der Waals surface area contributed by atoms with Gasteiger partial charge in [-0.1, -0.05) is 25.5 Å². The molecule has 1 amide bonds. The van der Waals surface area contributed by atoms with E-state index in [9.17, 15) is 13.2 Å². The molecule has 0 radical (unpaired) electrons. The number of sulfone groups is 1. The second kappa shape index (κ2) is 14.3. The van der Waals surface area contributed by atoms with Gasteiger partial charge >= 0.3 is 6.09 Å². The molecule has 0 spiro atoms. The predicted molar refractivity (Wildman–Crippen MR) is 184 cm³/mol. The zero-order valence-corrected chi connectivity index (χ0v) is 28.7. The monoisotopic (exact) mass is 675 g/mol. The number of alkyl carbamates (subject to hydrolysis) is 1. The average molecular weight is 676 g/mol. The van der Waals surface area contributed by atoms with Gasteiger partial charge in [-0.3, -0.25) is 0 Å². The van der Waals surface area contributed by atoms with Crippen LogP contribution < -0.4 is 10.2 Å². The lowest BCUT2D eigenvalue weighted by molar-refractivity contribution is 0.0541. The number of carbonyl (C=O) groups excluding carboxylic acids is 1. The van der Waals surface area contributed by atoms with E-state index < -0.39 is 21.3 Å². The lowest BCUT2D eigenvalue weighted by atomic mass is 9.58. The Morgan fingerprint density at radius 2 is 1.88 bits per heavy atom. The van der Waals surface area contributed by atoms with E-state index in [0.717, 1.165) is 88.3 Å². The van der Waals surface area contributed by atoms with E-state index in [2.05, 4.69) is 37.7 Å². The second-order valence-electron chi connectivity index (χ2n) is 13.6. The Balaban J connectivity index is 1.20. The number of aryl methyl sites for hydroxylation is 1. The fourth-order valence-corrected chi connectivity index (χ4v) is 9.33. The number of halogens is 1. The van der Waals surface area contributed by atoms with Gasteiger partial charge in [-0.05, 0) is 92.6 Å². The molecule has 1 saturated carbocycles. The van der Waals surface area contributed by atoms with Gasteiger partial charge in [0.25, 0.3) is 0 Å². The number of hydrogen-bond acceptors (Lipinski definition) is 7. The zero-order chi connectivity index (χ0) is 33.9. The molecule has 3 aromatic rings. The number of amides is 1. The summed E-state index contributed by atoms with van der Waals surface area (Å²) in [5.41, 5.74) is 1.57. The van der Waals surface area contributed by atoms with Gasteiger partial charge in [-0.2, -0.15) is 0 Å². The van der Waals surface area contributed by atoms with E-state index in [1.54, 1.807) is 18.2 Å². The maximum Gasteiger partial charge on any atom is 0.407 e. The molecule has 1 aromatic heterocycles. The Labute approximate surface area is 283 Å². The zero-order valence-electron chi connectivity index (χ0n) is 27.9. The summed E-state index contributed by atoms with van der Waals surface area (Å²) in [7, 11) is -2.27. The number of rotatable bonds is 11. The average Bonchev–Trinajstić information content (AvgIpc) is 3.74. The van der Waals surface area contributed by atoms with Crippen molar-refractivity contribution in [1.29, 1.82) is 0 Å². The number of carbonyl (C=O) groups is 1. The number of likely N-dealkylation sites (tertiary alicyclic amines) is 1. The summed E-state index contributed by atoms with van der Waals surface area (Å²) in [6.07, 6.45) is 14.2. The molecule has 1 aliphatic carbocycles. The maximum absolute atomic E-state index is 15.1. The summed E-state index contributed by atoms with van der Waals surface area (Å²) in [6, 6.07) is 13.9. The fourth-order valence-electron chi connectivity index (χ4n) is 8.70. The van der Waals surface area contributed by atoms with Crippen LogP contribution in [-0.4, -0.2) is 74.8 Å². The summed E-state index contributed by atoms with van der Waals surface area (Å²) >= 11 is 0. The van der Waals surface area contributed by atoms with Gasteiger partial charge < -0.3 is 24.4 Å². The van der Waals surface area contributed by atoms with Crippen molar-refractivity contribution in [2.24, 2.45) is 17.8 Å². The van der Waals surface area contributed by atoms with E-state index in [4.69, 9.17) is 11.2 Å². The first-order valence-electron chi connectivity index (χ1n) is 17.1. The molecule has 48 heavy (non-hydrogen) atoms. The number of benzene rings is 2. The Kier molecular flexibility index (Phi) is 10.1. The number of imidazole rings is 1. The molecular formula is C37H46FN5O4S. The van der Waals surface area contributed by atoms with E-state index in [1.165, 1.54) is 13.2 Å². The first kappa shape index (κ1) is 34.0. The van der Waals surface area contributed by atoms with E-state index in [0.29, 0.717) is 12.5 Å². The normalized spacial score (nSPS) is 22.1. The number of terminal acetylenes is 1. The molecule has 3 atom stereocenters. The van der Waals surface area contributed by atoms with Crippen LogP contribution in [0.25, 0.3) is 0 Å². The van der Waals surface area contributed by atoms with Gasteiger partial charge in [-0.25, -0.2) is 22.6 Å². The molecule has 2 aromatic carbocycles. The van der Waals surface area contributed by atoms with Crippen LogP contribution in [0.3, 0.4) is 0 Å². The third-order valence-corrected chi connectivity index (χ3v) is 12.2. The topological polar surface area (TPSA) is 96.8 Å². The van der Waals surface area contributed by atoms with E-state index in [-0.39, 0.29) is 28.6 Å². The smallest absolute Gasteiger partial charge is 0.407 e. The van der Waals surface area contributed by atoms with Gasteiger partial charge in [0.2, 0.25) is 9.84 Å². The minimum Gasteiger partial charge on any atom is -0.453 e. The first-order chi connectivity index (χ1) is 23.2. The Morgan fingerprint density at radius 1 is 1.12 bits per heavy atom. The number of hydrogen-bond donors (Lipinski definition) is 1. The molecule has 6 rings (SSSR count). The van der Waals surface area contributed by atoms with Crippen molar-refractivity contribution in [1.82, 2.24) is 19.8 Å². The molecular weight excluding hydrogens is 630 g/mol. The fraction of sp³-hybridized carbons (Fsp3) is 0.514. The van der Waals surface area contributed by atoms with Crippen molar-refractivity contribution in [2.45, 2.75) is 68.3 Å². The summed E-state index contributed by atoms with van der Waals surface area (Å²) in [5, 5.41) is 5.03. The lowest BCUT2D eigenvalue weighted by Crippen LogP contribution is -2.56. The van der Waals surface area contributed by atoms with Crippen molar-refractivity contribution in [2.75, 3.05) is 44.7 Å². The van der Waals surface area contributed by atoms with Crippen molar-refractivity contribution in [3.8, 4) is 11.7 Å². The number of ether oxygens (including phenoxy) is 1. The van der Waals surface area contributed by atoms with E-state index >= 15 is 4.39 Å². The van der Waals surface area contributed by atoms with Gasteiger partial charge in [0, 0.05) is 73.3 Å². The Bertz CT molecular complexity index is 1720. The van der Waals surface area contributed by atoms with Crippen molar-refractivity contribution < 1.29 is 22.3 Å². The number of anilines is 1. The maximum atomic E-state index is 15.1. The van der Waals surface area contributed by atoms with Gasteiger partial charge in [0.05, 0.1) is 12.0 Å². The molecule has 3 fully saturated rings. The highest BCUT2D eigenvalue weighted by Crippen LogP contribution is 2.52. The minimum atomic E-state index is -3.67. The third-order valence-electron chi connectivity index (χ3n) is 11.0. The molecule has 2 saturated heterocycles. The SMILES string of the molecule is C#CS(=O)(=O)c1ccc(N2CC(CN3CCC([C@@](Cn4ccnc4CC)(c4cccc(F)c4)[C@H]4CCC[C@@H]4NC(=O)OC)CC3)C2)cc1. The standard InChI is InChI=1S/C37H46FN5O4S/c1-4-35-39-18-21-42(35)26-37(29-8-6-9-30(38)22-29,33-10-7-11-34(33)40-36(44)47-3)28-16-19-41(20-17-28)23-27-24-43(25-27)31-12-14-32(15-13-31)48(45,46)5-2/h2,6,8-9,12-15,18,21-22,27-28,33-34H,4,7,10-11,16-17,19-20,23-26H2,1,3H3,(H,40,44)/t33-,34-,37-/m0/s1. The summed E-state index contributed by atoms with van der Waals surface area (Å²) in [5.74, 6) is 1.65. The van der Waals surface area contributed by atoms with Gasteiger partial charge in [0.15, 0.2) is 0 Å². The molecule has 0 bridgehead atoms. The molecule has 11 heteroatoms. The van der Waals surface area contributed by atoms with Crippen LogP contribution in [0.5, 0.6) is 0 Å². The molecule has 3 heterocycles. The van der Waals surface area contributed by atoms with Gasteiger partial charge in [-0.15, -0.1) is 6.42 Å². The highest BCUT2D eigenvalue weighted by Gasteiger charge is 2.52. The Hall–Kier alpha value is -3.88. The number of nitrogens with zero attached hydrogens (tertiary/aromatic N) is 4. The summed E-state index contributed by atoms with van der Waals surface area (Å²) in [4.78, 5) is 22.2. The number of nitrogens with one attached hydrogen (secondary N) is 1. The van der Waals surface area contributed by atoms with Crippen molar-refractivity contribution >= 4 is 21.6 Å². The molecule has 2 aliphatic heterocycles. The largest absolute Gasteiger partial charge is 0.453 e. The van der Waals surface area contributed by atoms with Gasteiger partial charge in [0.1, 0.15) is 11.6 Å². The van der Waals surface area contributed by atoms with Crippen LogP contribution in [0.1, 0.15) is 50.4 Å². The third kappa shape index (κ3) is 6.83. The lowest BCUT2D eigenvalue weighted by Gasteiger charge is -2.51. The number of piperidine rings is 1. The summed E-state index contributed by atoms with van der Waals surface area (Å²) in [6.45, 7) is 7.51. The van der Waals surface area contributed by atoms with Crippen LogP contribution in [0.15, 0.2) is 65.8 Å². The molecule has 1 N–H and O–H groups in total. The van der Waals surface area contributed by atoms with E-state index in [1.807, 2.05) is 35.8 Å². The van der Waals surface area contributed by atoms with Crippen LogP contribution in [0, 0.1) is 35.2 Å². The van der Waals surface area contributed by atoms with Crippen molar-refractivity contribution in [3.05, 3.63) is 78.1 Å². The van der Waals surface area contributed by atoms with Crippen LogP contribution >= 0.6 is 0 Å². The molecule has 9 nitrogen and oxygen atoms in total.